The van der Waals surface area contributed by atoms with Crippen LogP contribution >= 0.6 is 0 Å². The van der Waals surface area contributed by atoms with E-state index in [0.29, 0.717) is 11.4 Å². The molecule has 0 amide bonds. The van der Waals surface area contributed by atoms with Crippen molar-refractivity contribution in [2.24, 2.45) is 12.9 Å². The van der Waals surface area contributed by atoms with Gasteiger partial charge in [0.2, 0.25) is 0 Å². The summed E-state index contributed by atoms with van der Waals surface area (Å²) in [4.78, 5) is 3.92. The van der Waals surface area contributed by atoms with Crippen molar-refractivity contribution in [1.29, 1.82) is 0 Å². The van der Waals surface area contributed by atoms with Crippen LogP contribution in [0.3, 0.4) is 0 Å². The number of nitrogens with one attached hydrogen (secondary N) is 2. The van der Waals surface area contributed by atoms with E-state index in [4.69, 9.17) is 5.84 Å². The SMILES string of the molecule is Cc1nn(C)cc1NS(=O)(=O)c1ccnc(NN)c1. The molecule has 0 aliphatic carbocycles. The summed E-state index contributed by atoms with van der Waals surface area (Å²) in [5.41, 5.74) is 3.33. The van der Waals surface area contributed by atoms with E-state index in [1.165, 1.54) is 23.0 Å². The lowest BCUT2D eigenvalue weighted by atomic mass is 10.4. The number of hydrogen-bond donors (Lipinski definition) is 3. The average Bonchev–Trinajstić information content (AvgIpc) is 2.67. The summed E-state index contributed by atoms with van der Waals surface area (Å²) in [6, 6.07) is 2.73. The molecule has 0 aromatic carbocycles. The van der Waals surface area contributed by atoms with Crippen LogP contribution in [0.15, 0.2) is 29.4 Å². The molecule has 0 spiro atoms. The van der Waals surface area contributed by atoms with E-state index in [9.17, 15) is 8.42 Å². The lowest BCUT2D eigenvalue weighted by Crippen LogP contribution is -2.15. The molecular formula is C10H14N6O2S. The molecule has 0 aliphatic rings. The first-order chi connectivity index (χ1) is 8.92. The van der Waals surface area contributed by atoms with E-state index < -0.39 is 10.0 Å². The van der Waals surface area contributed by atoms with Crippen molar-refractivity contribution in [3.63, 3.8) is 0 Å². The Morgan fingerprint density at radius 2 is 2.16 bits per heavy atom. The smallest absolute Gasteiger partial charge is 0.262 e. The molecule has 0 fully saturated rings. The van der Waals surface area contributed by atoms with Crippen molar-refractivity contribution >= 4 is 21.5 Å². The lowest BCUT2D eigenvalue weighted by Gasteiger charge is -2.07. The van der Waals surface area contributed by atoms with E-state index in [1.54, 1.807) is 20.2 Å². The molecule has 0 radical (unpaired) electrons. The van der Waals surface area contributed by atoms with Gasteiger partial charge in [-0.15, -0.1) is 0 Å². The van der Waals surface area contributed by atoms with E-state index in [-0.39, 0.29) is 10.7 Å². The second-order valence-corrected chi connectivity index (χ2v) is 5.61. The molecule has 2 rings (SSSR count). The number of aromatic nitrogens is 3. The summed E-state index contributed by atoms with van der Waals surface area (Å²) >= 11 is 0. The van der Waals surface area contributed by atoms with Gasteiger partial charge in [0, 0.05) is 25.5 Å². The highest BCUT2D eigenvalue weighted by Crippen LogP contribution is 2.19. The molecular weight excluding hydrogens is 268 g/mol. The van der Waals surface area contributed by atoms with Crippen molar-refractivity contribution in [1.82, 2.24) is 14.8 Å². The Morgan fingerprint density at radius 1 is 1.42 bits per heavy atom. The van der Waals surface area contributed by atoms with Gasteiger partial charge in [0.05, 0.1) is 16.3 Å². The first kappa shape index (κ1) is 13.3. The normalized spacial score (nSPS) is 11.3. The maximum atomic E-state index is 12.2. The maximum absolute atomic E-state index is 12.2. The molecule has 0 atom stereocenters. The van der Waals surface area contributed by atoms with Gasteiger partial charge in [0.1, 0.15) is 5.82 Å². The van der Waals surface area contributed by atoms with Crippen LogP contribution in [0.25, 0.3) is 0 Å². The van der Waals surface area contributed by atoms with E-state index in [1.807, 2.05) is 0 Å². The van der Waals surface area contributed by atoms with Crippen LogP contribution in [0.2, 0.25) is 0 Å². The molecule has 9 heteroatoms. The van der Waals surface area contributed by atoms with Gasteiger partial charge >= 0.3 is 0 Å². The number of hydrogen-bond acceptors (Lipinski definition) is 6. The van der Waals surface area contributed by atoms with Gasteiger partial charge in [0.15, 0.2) is 0 Å². The van der Waals surface area contributed by atoms with E-state index in [2.05, 4.69) is 20.2 Å². The number of hydrazine groups is 1. The molecule has 0 bridgehead atoms. The second kappa shape index (κ2) is 4.86. The van der Waals surface area contributed by atoms with Crippen molar-refractivity contribution in [2.75, 3.05) is 10.1 Å². The van der Waals surface area contributed by atoms with Gasteiger partial charge in [0.25, 0.3) is 10.0 Å². The first-order valence-electron chi connectivity index (χ1n) is 5.38. The summed E-state index contributed by atoms with van der Waals surface area (Å²) in [6.07, 6.45) is 2.95. The van der Waals surface area contributed by atoms with Crippen LogP contribution < -0.4 is 16.0 Å². The number of sulfonamides is 1. The molecule has 4 N–H and O–H groups in total. The number of nitrogens with zero attached hydrogens (tertiary/aromatic N) is 3. The fourth-order valence-corrected chi connectivity index (χ4v) is 2.68. The highest BCUT2D eigenvalue weighted by Gasteiger charge is 2.17. The highest BCUT2D eigenvalue weighted by atomic mass is 32.2. The lowest BCUT2D eigenvalue weighted by molar-refractivity contribution is 0.601. The predicted octanol–water partition coefficient (Wildman–Crippen LogP) is 0.210. The fourth-order valence-electron chi connectivity index (χ4n) is 1.56. The minimum atomic E-state index is -3.69. The van der Waals surface area contributed by atoms with Crippen LogP contribution in [-0.4, -0.2) is 23.2 Å². The van der Waals surface area contributed by atoms with E-state index in [0.717, 1.165) is 0 Å². The third-order valence-corrected chi connectivity index (χ3v) is 3.81. The number of aryl methyl sites for hydroxylation is 2. The van der Waals surface area contributed by atoms with Crippen molar-refractivity contribution in [2.45, 2.75) is 11.8 Å². The third-order valence-electron chi connectivity index (χ3n) is 2.45. The minimum Gasteiger partial charge on any atom is -0.308 e. The van der Waals surface area contributed by atoms with Crippen molar-refractivity contribution < 1.29 is 8.42 Å². The van der Waals surface area contributed by atoms with Crippen molar-refractivity contribution in [3.05, 3.63) is 30.2 Å². The molecule has 2 aromatic heterocycles. The van der Waals surface area contributed by atoms with Gasteiger partial charge in [-0.1, -0.05) is 0 Å². The summed E-state index contributed by atoms with van der Waals surface area (Å²) in [6.45, 7) is 1.72. The molecule has 2 heterocycles. The second-order valence-electron chi connectivity index (χ2n) is 3.93. The van der Waals surface area contributed by atoms with Crippen molar-refractivity contribution in [3.8, 4) is 0 Å². The van der Waals surface area contributed by atoms with Crippen LogP contribution in [0.5, 0.6) is 0 Å². The Labute approximate surface area is 110 Å². The monoisotopic (exact) mass is 282 g/mol. The Kier molecular flexibility index (Phi) is 3.40. The molecule has 0 unspecified atom stereocenters. The van der Waals surface area contributed by atoms with Gasteiger partial charge in [-0.3, -0.25) is 9.40 Å². The number of rotatable bonds is 4. The number of nitrogen functional groups attached to an aromatic ring is 1. The zero-order chi connectivity index (χ0) is 14.0. The number of nitrogens with two attached hydrogens (primary N) is 1. The molecule has 0 saturated heterocycles. The topological polar surface area (TPSA) is 115 Å². The largest absolute Gasteiger partial charge is 0.308 e. The quantitative estimate of drug-likeness (QED) is 0.545. The van der Waals surface area contributed by atoms with Crippen LogP contribution in [0, 0.1) is 6.92 Å². The number of pyridine rings is 1. The summed E-state index contributed by atoms with van der Waals surface area (Å²) in [5.74, 6) is 5.47. The van der Waals surface area contributed by atoms with Crippen LogP contribution in [0.1, 0.15) is 5.69 Å². The molecule has 0 aliphatic heterocycles. The van der Waals surface area contributed by atoms with Gasteiger partial charge in [-0.25, -0.2) is 19.2 Å². The summed E-state index contributed by atoms with van der Waals surface area (Å²) in [5, 5.41) is 4.07. The van der Waals surface area contributed by atoms with Crippen LogP contribution in [0.4, 0.5) is 11.5 Å². The maximum Gasteiger partial charge on any atom is 0.262 e. The molecule has 2 aromatic rings. The Hall–Kier alpha value is -2.13. The molecule has 19 heavy (non-hydrogen) atoms. The zero-order valence-corrected chi connectivity index (χ0v) is 11.3. The van der Waals surface area contributed by atoms with Gasteiger partial charge in [-0.05, 0) is 13.0 Å². The fraction of sp³-hybridized carbons (Fsp3) is 0.200. The zero-order valence-electron chi connectivity index (χ0n) is 10.5. The first-order valence-corrected chi connectivity index (χ1v) is 6.86. The standard InChI is InChI=1S/C10H14N6O2S/c1-7-9(6-16(2)14-7)15-19(17,18)8-3-4-12-10(5-8)13-11/h3-6,15H,11H2,1-2H3,(H,12,13). The minimum absolute atomic E-state index is 0.0682. The number of anilines is 2. The molecule has 102 valence electrons. The Balaban J connectivity index is 2.34. The Morgan fingerprint density at radius 3 is 2.74 bits per heavy atom. The summed E-state index contributed by atoms with van der Waals surface area (Å²) in [7, 11) is -1.98. The Bertz CT molecular complexity index is 694. The molecule has 8 nitrogen and oxygen atoms in total. The third kappa shape index (κ3) is 2.83. The van der Waals surface area contributed by atoms with Crippen LogP contribution in [-0.2, 0) is 17.1 Å². The predicted molar refractivity (Wildman–Crippen MR) is 70.8 cm³/mol. The highest BCUT2D eigenvalue weighted by molar-refractivity contribution is 7.92. The molecule has 0 saturated carbocycles. The van der Waals surface area contributed by atoms with Gasteiger partial charge < -0.3 is 5.43 Å². The average molecular weight is 282 g/mol. The van der Waals surface area contributed by atoms with Gasteiger partial charge in [-0.2, -0.15) is 5.10 Å². The summed E-state index contributed by atoms with van der Waals surface area (Å²) < 4.78 is 28.4. The van der Waals surface area contributed by atoms with E-state index >= 15 is 0 Å².